The summed E-state index contributed by atoms with van der Waals surface area (Å²) in [5.41, 5.74) is 0.958. The van der Waals surface area contributed by atoms with Gasteiger partial charge in [-0.3, -0.25) is 4.57 Å². The molecule has 3 atom stereocenters. The molecule has 1 aliphatic rings. The maximum absolute atomic E-state index is 9.93. The van der Waals surface area contributed by atoms with E-state index in [1.807, 2.05) is 0 Å². The minimum atomic E-state index is -0.715. The van der Waals surface area contributed by atoms with E-state index in [4.69, 9.17) is 21.4 Å². The fraction of sp³-hybridized carbons (Fsp3) is 0.500. The molecule has 3 heterocycles. The molecule has 2 aromatic rings. The average Bonchev–Trinajstić information content (AvgIpc) is 2.93. The number of aliphatic hydroxyl groups is 2. The van der Waals surface area contributed by atoms with Crippen molar-refractivity contribution in [3.63, 3.8) is 0 Å². The molecule has 7 nitrogen and oxygen atoms in total. The molecular formula is C10H11ClN4O3. The lowest BCUT2D eigenvalue weighted by molar-refractivity contribution is -0.0486. The van der Waals surface area contributed by atoms with Gasteiger partial charge in [-0.25, -0.2) is 15.0 Å². The standard InChI is InChI=1S/C10H11ClN4O3/c11-8-7-9(13-3-12-8)15(4-14-7)10-6(17)1-5(2-16)18-10/h3-6,10,16-17H,1-2H2/t5-,6+,10?/m0/s1. The number of nitrogens with zero attached hydrogens (tertiary/aromatic N) is 4. The van der Waals surface area contributed by atoms with E-state index in [0.717, 1.165) is 0 Å². The van der Waals surface area contributed by atoms with Gasteiger partial charge in [-0.2, -0.15) is 0 Å². The molecular weight excluding hydrogens is 260 g/mol. The highest BCUT2D eigenvalue weighted by Gasteiger charge is 2.35. The minimum absolute atomic E-state index is 0.129. The van der Waals surface area contributed by atoms with Crippen molar-refractivity contribution in [3.05, 3.63) is 17.8 Å². The second-order valence-electron chi connectivity index (χ2n) is 4.12. The van der Waals surface area contributed by atoms with Gasteiger partial charge < -0.3 is 14.9 Å². The Labute approximate surface area is 107 Å². The van der Waals surface area contributed by atoms with E-state index in [0.29, 0.717) is 17.6 Å². The van der Waals surface area contributed by atoms with Crippen molar-refractivity contribution in [1.82, 2.24) is 19.5 Å². The Morgan fingerprint density at radius 2 is 2.28 bits per heavy atom. The third-order valence-electron chi connectivity index (χ3n) is 2.96. The van der Waals surface area contributed by atoms with Gasteiger partial charge in [-0.15, -0.1) is 0 Å². The normalized spacial score (nSPS) is 28.1. The first-order chi connectivity index (χ1) is 8.70. The number of aromatic nitrogens is 4. The largest absolute Gasteiger partial charge is 0.394 e. The number of halogens is 1. The van der Waals surface area contributed by atoms with Gasteiger partial charge in [0.05, 0.1) is 19.0 Å². The van der Waals surface area contributed by atoms with Crippen LogP contribution < -0.4 is 0 Å². The van der Waals surface area contributed by atoms with Crippen LogP contribution >= 0.6 is 11.6 Å². The summed E-state index contributed by atoms with van der Waals surface area (Å²) in [6.07, 6.45) is 1.50. The maximum atomic E-state index is 9.93. The Morgan fingerprint density at radius 1 is 1.44 bits per heavy atom. The van der Waals surface area contributed by atoms with Gasteiger partial charge in [-0.1, -0.05) is 11.6 Å². The smallest absolute Gasteiger partial charge is 0.167 e. The molecule has 0 radical (unpaired) electrons. The van der Waals surface area contributed by atoms with Crippen molar-refractivity contribution < 1.29 is 14.9 Å². The van der Waals surface area contributed by atoms with E-state index < -0.39 is 12.3 Å². The van der Waals surface area contributed by atoms with E-state index in [9.17, 15) is 5.11 Å². The van der Waals surface area contributed by atoms with Crippen LogP contribution in [-0.2, 0) is 4.74 Å². The Balaban J connectivity index is 2.02. The van der Waals surface area contributed by atoms with Gasteiger partial charge in [-0.05, 0) is 0 Å². The van der Waals surface area contributed by atoms with Crippen molar-refractivity contribution in [3.8, 4) is 0 Å². The first kappa shape index (κ1) is 11.8. The summed E-state index contributed by atoms with van der Waals surface area (Å²) in [5, 5.41) is 19.2. The lowest BCUT2D eigenvalue weighted by Gasteiger charge is -2.16. The molecule has 2 N–H and O–H groups in total. The van der Waals surface area contributed by atoms with Crippen LogP contribution in [0.1, 0.15) is 12.6 Å². The van der Waals surface area contributed by atoms with E-state index in [2.05, 4.69) is 15.0 Å². The Kier molecular flexibility index (Phi) is 2.90. The van der Waals surface area contributed by atoms with Crippen LogP contribution in [0.25, 0.3) is 11.2 Å². The third kappa shape index (κ3) is 1.76. The topological polar surface area (TPSA) is 93.3 Å². The highest BCUT2D eigenvalue weighted by atomic mass is 35.5. The molecule has 0 bridgehead atoms. The van der Waals surface area contributed by atoms with Crippen molar-refractivity contribution in [1.29, 1.82) is 0 Å². The second kappa shape index (κ2) is 4.43. The molecule has 0 saturated carbocycles. The SMILES string of the molecule is OC[C@@H]1C[C@@H](O)C(n2cnc3c(Cl)ncnc32)O1. The quantitative estimate of drug-likeness (QED) is 0.753. The summed E-state index contributed by atoms with van der Waals surface area (Å²) in [5.74, 6) is 0. The molecule has 96 valence electrons. The summed E-state index contributed by atoms with van der Waals surface area (Å²) in [4.78, 5) is 12.0. The number of imidazole rings is 1. The molecule has 1 unspecified atom stereocenters. The molecule has 2 aromatic heterocycles. The minimum Gasteiger partial charge on any atom is -0.394 e. The fourth-order valence-electron chi connectivity index (χ4n) is 2.11. The number of aliphatic hydroxyl groups excluding tert-OH is 2. The third-order valence-corrected chi connectivity index (χ3v) is 3.23. The van der Waals surface area contributed by atoms with Crippen molar-refractivity contribution in [2.75, 3.05) is 6.61 Å². The average molecular weight is 271 g/mol. The number of fused-ring (bicyclic) bond motifs is 1. The first-order valence-corrected chi connectivity index (χ1v) is 5.86. The Hall–Kier alpha value is -1.28. The molecule has 0 aromatic carbocycles. The van der Waals surface area contributed by atoms with Crippen LogP contribution in [0.3, 0.4) is 0 Å². The maximum Gasteiger partial charge on any atom is 0.167 e. The van der Waals surface area contributed by atoms with Gasteiger partial charge >= 0.3 is 0 Å². The van der Waals surface area contributed by atoms with E-state index in [1.165, 1.54) is 12.7 Å². The van der Waals surface area contributed by atoms with Crippen LogP contribution in [0, 0.1) is 0 Å². The molecule has 1 saturated heterocycles. The van der Waals surface area contributed by atoms with Crippen LogP contribution in [0.15, 0.2) is 12.7 Å². The summed E-state index contributed by atoms with van der Waals surface area (Å²) in [6, 6.07) is 0. The van der Waals surface area contributed by atoms with Crippen LogP contribution in [0.5, 0.6) is 0 Å². The highest BCUT2D eigenvalue weighted by Crippen LogP contribution is 2.31. The van der Waals surface area contributed by atoms with Gasteiger partial charge in [0.15, 0.2) is 17.0 Å². The number of hydrogen-bond donors (Lipinski definition) is 2. The van der Waals surface area contributed by atoms with Gasteiger partial charge in [0.1, 0.15) is 17.9 Å². The molecule has 0 aliphatic carbocycles. The van der Waals surface area contributed by atoms with Crippen LogP contribution in [-0.4, -0.2) is 48.5 Å². The highest BCUT2D eigenvalue weighted by molar-refractivity contribution is 6.33. The molecule has 8 heteroatoms. The van der Waals surface area contributed by atoms with Crippen molar-refractivity contribution in [2.24, 2.45) is 0 Å². The zero-order valence-electron chi connectivity index (χ0n) is 9.27. The predicted octanol–water partition coefficient (Wildman–Crippen LogP) is 0.120. The Bertz CT molecular complexity index is 575. The fourth-order valence-corrected chi connectivity index (χ4v) is 2.28. The molecule has 1 aliphatic heterocycles. The lowest BCUT2D eigenvalue weighted by Crippen LogP contribution is -2.19. The second-order valence-corrected chi connectivity index (χ2v) is 4.48. The van der Waals surface area contributed by atoms with Crippen LogP contribution in [0.2, 0.25) is 5.15 Å². The van der Waals surface area contributed by atoms with Crippen molar-refractivity contribution >= 4 is 22.8 Å². The summed E-state index contributed by atoms with van der Waals surface area (Å²) in [7, 11) is 0. The number of ether oxygens (including phenoxy) is 1. The van der Waals surface area contributed by atoms with E-state index in [-0.39, 0.29) is 17.9 Å². The molecule has 18 heavy (non-hydrogen) atoms. The number of hydrogen-bond acceptors (Lipinski definition) is 6. The zero-order chi connectivity index (χ0) is 12.7. The molecule has 1 fully saturated rings. The van der Waals surface area contributed by atoms with Gasteiger partial charge in [0, 0.05) is 6.42 Å². The predicted molar refractivity (Wildman–Crippen MR) is 62.0 cm³/mol. The summed E-state index contributed by atoms with van der Waals surface area (Å²) >= 11 is 5.90. The van der Waals surface area contributed by atoms with Crippen LogP contribution in [0.4, 0.5) is 0 Å². The molecule has 0 amide bonds. The van der Waals surface area contributed by atoms with Gasteiger partial charge in [0.25, 0.3) is 0 Å². The monoisotopic (exact) mass is 270 g/mol. The zero-order valence-corrected chi connectivity index (χ0v) is 10.0. The lowest BCUT2D eigenvalue weighted by atomic mass is 10.2. The Morgan fingerprint density at radius 3 is 3.00 bits per heavy atom. The molecule has 3 rings (SSSR count). The van der Waals surface area contributed by atoms with E-state index in [1.54, 1.807) is 4.57 Å². The number of rotatable bonds is 2. The van der Waals surface area contributed by atoms with Gasteiger partial charge in [0.2, 0.25) is 0 Å². The summed E-state index contributed by atoms with van der Waals surface area (Å²) in [6.45, 7) is -0.129. The molecule has 0 spiro atoms. The van der Waals surface area contributed by atoms with Crippen molar-refractivity contribution in [2.45, 2.75) is 24.9 Å². The first-order valence-electron chi connectivity index (χ1n) is 5.48. The summed E-state index contributed by atoms with van der Waals surface area (Å²) < 4.78 is 7.14. The van der Waals surface area contributed by atoms with E-state index >= 15 is 0 Å².